The van der Waals surface area contributed by atoms with E-state index in [1.165, 1.54) is 30.5 Å². The van der Waals surface area contributed by atoms with Crippen LogP contribution in [-0.2, 0) is 13.1 Å². The molecule has 2 aliphatic rings. The zero-order valence-corrected chi connectivity index (χ0v) is 26.7. The molecule has 8 heteroatoms. The molecule has 2 atom stereocenters. The van der Waals surface area contributed by atoms with Crippen molar-refractivity contribution in [1.29, 1.82) is 0 Å². The van der Waals surface area contributed by atoms with Crippen LogP contribution in [0.25, 0.3) is 10.9 Å². The second-order valence-corrected chi connectivity index (χ2v) is 12.8. The number of hydrogen-bond acceptors (Lipinski definition) is 5. The van der Waals surface area contributed by atoms with Gasteiger partial charge in [0.2, 0.25) is 0 Å². The number of likely N-dealkylation sites (tertiary alicyclic amines) is 1. The molecule has 0 radical (unpaired) electrons. The predicted octanol–water partition coefficient (Wildman–Crippen LogP) is 6.42. The molecule has 0 aliphatic carbocycles. The standard InChI is InChI=1S/C37H45FN4O3/c1-26(2)45-35-10-5-9-33-34(37(43)39-22-28-8-4-7-27(3)21-28)25-41(36(33)35)17-6-18-42-30-13-14-31(42)24-40(23-30)19-20-44-32-15-11-29(38)12-16-32/h4-5,7-12,15-16,21,25-26,30-31H,6,13-14,17-20,22-24H2,1-3H3,(H,39,43)/t30-,31+. The van der Waals surface area contributed by atoms with Crippen LogP contribution in [0.3, 0.4) is 0 Å². The van der Waals surface area contributed by atoms with E-state index in [1.807, 2.05) is 50.4 Å². The second-order valence-electron chi connectivity index (χ2n) is 12.8. The normalized spacial score (nSPS) is 18.5. The van der Waals surface area contributed by atoms with E-state index in [0.717, 1.165) is 61.4 Å². The Balaban J connectivity index is 1.08. The van der Waals surface area contributed by atoms with Gasteiger partial charge in [-0.15, -0.1) is 0 Å². The van der Waals surface area contributed by atoms with Gasteiger partial charge in [-0.25, -0.2) is 4.39 Å². The topological polar surface area (TPSA) is 59.0 Å². The predicted molar refractivity (Wildman–Crippen MR) is 177 cm³/mol. The monoisotopic (exact) mass is 612 g/mol. The van der Waals surface area contributed by atoms with Crippen molar-refractivity contribution in [3.8, 4) is 11.5 Å². The first-order valence-electron chi connectivity index (χ1n) is 16.3. The van der Waals surface area contributed by atoms with Crippen molar-refractivity contribution < 1.29 is 18.7 Å². The SMILES string of the molecule is Cc1cccc(CNC(=O)c2cn(CCCN3[C@@H]4CC[C@H]3CN(CCOc3ccc(F)cc3)C4)c3c(OC(C)C)cccc23)c1. The van der Waals surface area contributed by atoms with E-state index in [9.17, 15) is 9.18 Å². The Morgan fingerprint density at radius 3 is 2.47 bits per heavy atom. The number of rotatable bonds is 13. The third kappa shape index (κ3) is 7.51. The summed E-state index contributed by atoms with van der Waals surface area (Å²) in [5, 5.41) is 4.06. The summed E-state index contributed by atoms with van der Waals surface area (Å²) < 4.78 is 27.5. The first kappa shape index (κ1) is 31.1. The van der Waals surface area contributed by atoms with Crippen LogP contribution in [0.15, 0.2) is 72.9 Å². The van der Waals surface area contributed by atoms with Gasteiger partial charge in [0.25, 0.3) is 5.91 Å². The van der Waals surface area contributed by atoms with E-state index >= 15 is 0 Å². The summed E-state index contributed by atoms with van der Waals surface area (Å²) in [6.45, 7) is 12.0. The Hall–Kier alpha value is -3.88. The number of aromatic nitrogens is 1. The molecular formula is C37H45FN4O3. The number of halogens is 1. The Kier molecular flexibility index (Phi) is 9.71. The molecule has 238 valence electrons. The van der Waals surface area contributed by atoms with Crippen molar-refractivity contribution in [3.63, 3.8) is 0 Å². The molecule has 2 bridgehead atoms. The minimum absolute atomic E-state index is 0.0329. The van der Waals surface area contributed by atoms with Gasteiger partial charge < -0.3 is 19.4 Å². The zero-order chi connectivity index (χ0) is 31.3. The summed E-state index contributed by atoms with van der Waals surface area (Å²) >= 11 is 0. The quantitative estimate of drug-likeness (QED) is 0.189. The number of ether oxygens (including phenoxy) is 2. The second kappa shape index (κ2) is 14.0. The average molecular weight is 613 g/mol. The van der Waals surface area contributed by atoms with Crippen molar-refractivity contribution in [1.82, 2.24) is 19.7 Å². The van der Waals surface area contributed by atoms with E-state index in [4.69, 9.17) is 9.47 Å². The molecule has 2 fully saturated rings. The number of para-hydroxylation sites is 1. The van der Waals surface area contributed by atoms with Crippen LogP contribution in [0, 0.1) is 12.7 Å². The van der Waals surface area contributed by atoms with Crippen molar-refractivity contribution in [2.75, 3.05) is 32.8 Å². The van der Waals surface area contributed by atoms with Crippen LogP contribution in [0.4, 0.5) is 4.39 Å². The fourth-order valence-corrected chi connectivity index (χ4v) is 7.00. The van der Waals surface area contributed by atoms with Gasteiger partial charge in [0.1, 0.15) is 23.9 Å². The molecule has 2 aliphatic heterocycles. The lowest BCUT2D eigenvalue weighted by Crippen LogP contribution is -2.54. The fourth-order valence-electron chi connectivity index (χ4n) is 7.00. The minimum atomic E-state index is -0.246. The van der Waals surface area contributed by atoms with Crippen LogP contribution in [0.1, 0.15) is 54.6 Å². The number of benzene rings is 3. The summed E-state index contributed by atoms with van der Waals surface area (Å²) in [7, 11) is 0. The Bertz CT molecular complexity index is 1590. The molecule has 0 saturated carbocycles. The molecule has 3 heterocycles. The summed E-state index contributed by atoms with van der Waals surface area (Å²) in [5.74, 6) is 1.21. The first-order valence-corrected chi connectivity index (χ1v) is 16.3. The molecule has 1 amide bonds. The number of hydrogen-bond donors (Lipinski definition) is 1. The Morgan fingerprint density at radius 2 is 1.73 bits per heavy atom. The van der Waals surface area contributed by atoms with Crippen molar-refractivity contribution >= 4 is 16.8 Å². The molecule has 6 rings (SSSR count). The van der Waals surface area contributed by atoms with Crippen molar-refractivity contribution in [3.05, 3.63) is 95.4 Å². The third-order valence-electron chi connectivity index (χ3n) is 9.02. The third-order valence-corrected chi connectivity index (χ3v) is 9.02. The van der Waals surface area contributed by atoms with E-state index in [-0.39, 0.29) is 17.8 Å². The zero-order valence-electron chi connectivity index (χ0n) is 26.7. The Morgan fingerprint density at radius 1 is 0.978 bits per heavy atom. The average Bonchev–Trinajstić information content (AvgIpc) is 3.50. The van der Waals surface area contributed by atoms with Crippen molar-refractivity contribution in [2.45, 2.75) is 71.3 Å². The van der Waals surface area contributed by atoms with Gasteiger partial charge in [-0.1, -0.05) is 42.0 Å². The molecule has 1 N–H and O–H groups in total. The lowest BCUT2D eigenvalue weighted by atomic mass is 10.1. The van der Waals surface area contributed by atoms with Gasteiger partial charge in [0.15, 0.2) is 0 Å². The molecule has 0 unspecified atom stereocenters. The van der Waals surface area contributed by atoms with Gasteiger partial charge in [-0.05, 0) is 75.9 Å². The van der Waals surface area contributed by atoms with Gasteiger partial charge in [0, 0.05) is 62.9 Å². The molecular weight excluding hydrogens is 567 g/mol. The summed E-state index contributed by atoms with van der Waals surface area (Å²) in [4.78, 5) is 18.7. The maximum Gasteiger partial charge on any atom is 0.253 e. The smallest absolute Gasteiger partial charge is 0.253 e. The van der Waals surface area contributed by atoms with Gasteiger partial charge in [0.05, 0.1) is 17.2 Å². The van der Waals surface area contributed by atoms with Crippen LogP contribution in [-0.4, -0.2) is 71.2 Å². The van der Waals surface area contributed by atoms with Gasteiger partial charge in [-0.2, -0.15) is 0 Å². The van der Waals surface area contributed by atoms with Crippen LogP contribution in [0.5, 0.6) is 11.5 Å². The van der Waals surface area contributed by atoms with Gasteiger partial charge >= 0.3 is 0 Å². The lowest BCUT2D eigenvalue weighted by Gasteiger charge is -2.41. The summed E-state index contributed by atoms with van der Waals surface area (Å²) in [6, 6.07) is 21.6. The van der Waals surface area contributed by atoms with Crippen molar-refractivity contribution in [2.24, 2.45) is 0 Å². The number of nitrogens with one attached hydrogen (secondary N) is 1. The molecule has 3 aromatic carbocycles. The number of carbonyl (C=O) groups excluding carboxylic acids is 1. The Labute approximate surface area is 265 Å². The molecule has 45 heavy (non-hydrogen) atoms. The number of piperazine rings is 1. The first-order chi connectivity index (χ1) is 21.8. The van der Waals surface area contributed by atoms with E-state index in [2.05, 4.69) is 38.7 Å². The van der Waals surface area contributed by atoms with Crippen LogP contribution in [0.2, 0.25) is 0 Å². The lowest BCUT2D eigenvalue weighted by molar-refractivity contribution is 0.0574. The molecule has 4 aromatic rings. The highest BCUT2D eigenvalue weighted by Gasteiger charge is 2.39. The largest absolute Gasteiger partial charge is 0.492 e. The minimum Gasteiger partial charge on any atom is -0.492 e. The van der Waals surface area contributed by atoms with Crippen LogP contribution < -0.4 is 14.8 Å². The summed E-state index contributed by atoms with van der Waals surface area (Å²) in [5.41, 5.74) is 3.94. The van der Waals surface area contributed by atoms with E-state index in [0.29, 0.717) is 36.5 Å². The highest BCUT2D eigenvalue weighted by Crippen LogP contribution is 2.33. The van der Waals surface area contributed by atoms with Crippen LogP contribution >= 0.6 is 0 Å². The highest BCUT2D eigenvalue weighted by atomic mass is 19.1. The number of aryl methyl sites for hydroxylation is 2. The molecule has 1 aromatic heterocycles. The maximum atomic E-state index is 13.5. The van der Waals surface area contributed by atoms with E-state index in [1.54, 1.807) is 12.1 Å². The van der Waals surface area contributed by atoms with E-state index < -0.39 is 0 Å². The number of fused-ring (bicyclic) bond motifs is 3. The molecule has 2 saturated heterocycles. The molecule has 0 spiro atoms. The maximum absolute atomic E-state index is 13.5. The summed E-state index contributed by atoms with van der Waals surface area (Å²) in [6.07, 6.45) is 5.49. The number of carbonyl (C=O) groups is 1. The number of amides is 1. The highest BCUT2D eigenvalue weighted by molar-refractivity contribution is 6.08. The molecule has 7 nitrogen and oxygen atoms in total. The fraction of sp³-hybridized carbons (Fsp3) is 0.432. The van der Waals surface area contributed by atoms with Gasteiger partial charge in [-0.3, -0.25) is 14.6 Å². The number of nitrogens with zero attached hydrogens (tertiary/aromatic N) is 3.